The van der Waals surface area contributed by atoms with Crippen molar-refractivity contribution in [3.8, 4) is 0 Å². The van der Waals surface area contributed by atoms with Gasteiger partial charge >= 0.3 is 6.18 Å². The molecule has 1 amide bonds. The number of likely N-dealkylation sites (tertiary alicyclic amines) is 2. The molecule has 0 aromatic heterocycles. The van der Waals surface area contributed by atoms with E-state index in [2.05, 4.69) is 16.7 Å². The van der Waals surface area contributed by atoms with Gasteiger partial charge in [-0.25, -0.2) is 0 Å². The van der Waals surface area contributed by atoms with E-state index in [-0.39, 0.29) is 17.7 Å². The fourth-order valence-electron chi connectivity index (χ4n) is 6.43. The molecule has 4 heterocycles. The first kappa shape index (κ1) is 24.9. The maximum Gasteiger partial charge on any atom is 0.416 e. The van der Waals surface area contributed by atoms with Crippen LogP contribution >= 0.6 is 0 Å². The van der Waals surface area contributed by atoms with Gasteiger partial charge < -0.3 is 14.5 Å². The van der Waals surface area contributed by atoms with Gasteiger partial charge in [-0.05, 0) is 68.7 Å². The lowest BCUT2D eigenvalue weighted by Crippen LogP contribution is -2.40. The number of carbonyl (C=O) groups is 1. The van der Waals surface area contributed by atoms with Gasteiger partial charge in [0.05, 0.1) is 11.5 Å². The molecule has 0 saturated carbocycles. The van der Waals surface area contributed by atoms with Crippen LogP contribution in [0.4, 0.5) is 18.9 Å². The van der Waals surface area contributed by atoms with Gasteiger partial charge in [-0.3, -0.25) is 9.69 Å². The highest BCUT2D eigenvalue weighted by Gasteiger charge is 2.39. The fourth-order valence-corrected chi connectivity index (χ4v) is 6.43. The summed E-state index contributed by atoms with van der Waals surface area (Å²) in [4.78, 5) is 20.0. The molecule has 2 unspecified atom stereocenters. The molecule has 4 fully saturated rings. The number of alkyl halides is 3. The summed E-state index contributed by atoms with van der Waals surface area (Å²) >= 11 is 0. The van der Waals surface area contributed by atoms with Crippen LogP contribution in [0.2, 0.25) is 0 Å². The van der Waals surface area contributed by atoms with E-state index in [0.717, 1.165) is 89.2 Å². The Morgan fingerprint density at radius 3 is 2.40 bits per heavy atom. The Morgan fingerprint density at radius 1 is 0.943 bits per heavy atom. The minimum absolute atomic E-state index is 0.0345. The maximum absolute atomic E-state index is 13.5. The van der Waals surface area contributed by atoms with Crippen LogP contribution in [0, 0.1) is 11.8 Å². The van der Waals surface area contributed by atoms with E-state index in [4.69, 9.17) is 4.74 Å². The number of carbonyl (C=O) groups excluding carboxylic acids is 1. The van der Waals surface area contributed by atoms with Gasteiger partial charge in [0, 0.05) is 63.6 Å². The van der Waals surface area contributed by atoms with Crippen molar-refractivity contribution in [2.75, 3.05) is 57.4 Å². The van der Waals surface area contributed by atoms with Crippen molar-refractivity contribution >= 4 is 11.6 Å². The number of rotatable bonds is 4. The van der Waals surface area contributed by atoms with Crippen LogP contribution in [-0.4, -0.2) is 74.2 Å². The van der Waals surface area contributed by atoms with Crippen molar-refractivity contribution in [2.24, 2.45) is 11.8 Å². The Balaban J connectivity index is 1.27. The van der Waals surface area contributed by atoms with Crippen LogP contribution in [0.15, 0.2) is 18.2 Å². The second-order valence-electron chi connectivity index (χ2n) is 11.0. The van der Waals surface area contributed by atoms with Gasteiger partial charge in [0.25, 0.3) is 0 Å². The van der Waals surface area contributed by atoms with Gasteiger partial charge in [-0.1, -0.05) is 13.0 Å². The Hall–Kier alpha value is -1.80. The molecule has 35 heavy (non-hydrogen) atoms. The lowest BCUT2D eigenvalue weighted by Gasteiger charge is -2.35. The van der Waals surface area contributed by atoms with E-state index < -0.39 is 11.7 Å². The molecule has 4 saturated heterocycles. The molecule has 0 N–H and O–H groups in total. The monoisotopic (exact) mass is 493 g/mol. The van der Waals surface area contributed by atoms with Crippen molar-refractivity contribution < 1.29 is 22.7 Å². The Morgan fingerprint density at radius 2 is 1.69 bits per heavy atom. The normalized spacial score (nSPS) is 27.7. The quantitative estimate of drug-likeness (QED) is 0.606. The van der Waals surface area contributed by atoms with Crippen LogP contribution in [0.5, 0.6) is 0 Å². The molecular weight excluding hydrogens is 455 g/mol. The van der Waals surface area contributed by atoms with Gasteiger partial charge in [-0.15, -0.1) is 0 Å². The first-order chi connectivity index (χ1) is 16.8. The lowest BCUT2D eigenvalue weighted by atomic mass is 9.92. The summed E-state index contributed by atoms with van der Waals surface area (Å²) in [6.45, 7) is 8.47. The standard InChI is InChI=1S/C27H38F3N3O2/c1-19-4-10-31(11-5-19)25-16-22(27(28,29)30)2-3-24(25)20-6-13-33(17-20)26(34)21-7-12-32(18-21)23-8-14-35-15-9-23/h2-3,16,19-21,23H,4-15,17-18H2,1H3. The van der Waals surface area contributed by atoms with E-state index in [1.165, 1.54) is 12.1 Å². The number of halogens is 3. The van der Waals surface area contributed by atoms with Gasteiger partial charge in [0.1, 0.15) is 0 Å². The van der Waals surface area contributed by atoms with Crippen LogP contribution in [-0.2, 0) is 15.7 Å². The number of benzene rings is 1. The number of anilines is 1. The Bertz CT molecular complexity index is 894. The van der Waals surface area contributed by atoms with Crippen molar-refractivity contribution in [1.82, 2.24) is 9.80 Å². The molecule has 0 radical (unpaired) electrons. The first-order valence-corrected chi connectivity index (χ1v) is 13.4. The highest BCUT2D eigenvalue weighted by molar-refractivity contribution is 5.80. The summed E-state index contributed by atoms with van der Waals surface area (Å²) in [5, 5.41) is 0. The third kappa shape index (κ3) is 5.48. The van der Waals surface area contributed by atoms with E-state index in [1.54, 1.807) is 6.07 Å². The summed E-state index contributed by atoms with van der Waals surface area (Å²) < 4.78 is 46.1. The highest BCUT2D eigenvalue weighted by Crippen LogP contribution is 2.40. The zero-order chi connectivity index (χ0) is 24.6. The molecule has 0 bridgehead atoms. The Kier molecular flexibility index (Phi) is 7.31. The molecule has 4 aliphatic rings. The maximum atomic E-state index is 13.5. The summed E-state index contributed by atoms with van der Waals surface area (Å²) in [6.07, 6.45) is 1.43. The smallest absolute Gasteiger partial charge is 0.381 e. The topological polar surface area (TPSA) is 36.0 Å². The van der Waals surface area contributed by atoms with Crippen molar-refractivity contribution in [1.29, 1.82) is 0 Å². The van der Waals surface area contributed by atoms with Crippen LogP contribution in [0.25, 0.3) is 0 Å². The van der Waals surface area contributed by atoms with E-state index in [1.807, 2.05) is 4.90 Å². The molecule has 2 atom stereocenters. The molecule has 5 rings (SSSR count). The van der Waals surface area contributed by atoms with Crippen molar-refractivity contribution in [2.45, 2.75) is 63.6 Å². The molecule has 194 valence electrons. The van der Waals surface area contributed by atoms with Gasteiger partial charge in [0.2, 0.25) is 5.91 Å². The number of ether oxygens (including phenoxy) is 1. The van der Waals surface area contributed by atoms with Crippen LogP contribution in [0.1, 0.15) is 62.5 Å². The van der Waals surface area contributed by atoms with E-state index in [9.17, 15) is 18.0 Å². The predicted octanol–water partition coefficient (Wildman–Crippen LogP) is 4.76. The molecular formula is C27H38F3N3O2. The number of hydrogen-bond acceptors (Lipinski definition) is 4. The van der Waals surface area contributed by atoms with E-state index in [0.29, 0.717) is 25.0 Å². The number of amides is 1. The molecule has 1 aromatic rings. The second kappa shape index (κ2) is 10.3. The largest absolute Gasteiger partial charge is 0.416 e. The van der Waals surface area contributed by atoms with Crippen molar-refractivity contribution in [3.05, 3.63) is 29.3 Å². The summed E-state index contributed by atoms with van der Waals surface area (Å²) in [5.74, 6) is 0.949. The SMILES string of the molecule is CC1CCN(c2cc(C(F)(F)F)ccc2C2CCN(C(=O)C3CCN(C4CCOCC4)C3)C2)CC1. The summed E-state index contributed by atoms with van der Waals surface area (Å²) in [7, 11) is 0. The minimum atomic E-state index is -4.35. The Labute approximate surface area is 206 Å². The predicted molar refractivity (Wildman–Crippen MR) is 130 cm³/mol. The lowest BCUT2D eigenvalue weighted by molar-refractivity contribution is -0.137. The third-order valence-corrected chi connectivity index (χ3v) is 8.70. The van der Waals surface area contributed by atoms with Crippen molar-refractivity contribution in [3.63, 3.8) is 0 Å². The summed E-state index contributed by atoms with van der Waals surface area (Å²) in [6, 6.07) is 4.77. The van der Waals surface area contributed by atoms with Crippen LogP contribution in [0.3, 0.4) is 0 Å². The van der Waals surface area contributed by atoms with Gasteiger partial charge in [-0.2, -0.15) is 13.2 Å². The molecule has 5 nitrogen and oxygen atoms in total. The number of nitrogens with zero attached hydrogens (tertiary/aromatic N) is 3. The van der Waals surface area contributed by atoms with Crippen LogP contribution < -0.4 is 4.90 Å². The molecule has 0 aliphatic carbocycles. The number of piperidine rings is 1. The summed E-state index contributed by atoms with van der Waals surface area (Å²) in [5.41, 5.74) is 1.11. The average Bonchev–Trinajstić information content (AvgIpc) is 3.54. The molecule has 8 heteroatoms. The molecule has 4 aliphatic heterocycles. The van der Waals surface area contributed by atoms with E-state index >= 15 is 0 Å². The zero-order valence-electron chi connectivity index (χ0n) is 20.7. The minimum Gasteiger partial charge on any atom is -0.381 e. The highest BCUT2D eigenvalue weighted by atomic mass is 19.4. The van der Waals surface area contributed by atoms with Gasteiger partial charge in [0.15, 0.2) is 0 Å². The zero-order valence-corrected chi connectivity index (χ0v) is 20.7. The number of hydrogen-bond donors (Lipinski definition) is 0. The first-order valence-electron chi connectivity index (χ1n) is 13.4. The molecule has 1 aromatic carbocycles. The fraction of sp³-hybridized carbons (Fsp3) is 0.741. The second-order valence-corrected chi connectivity index (χ2v) is 11.0. The average molecular weight is 494 g/mol. The molecule has 0 spiro atoms. The third-order valence-electron chi connectivity index (χ3n) is 8.70.